The first-order valence-electron chi connectivity index (χ1n) is 3.76. The van der Waals surface area contributed by atoms with Crippen LogP contribution in [0.4, 0.5) is 0 Å². The summed E-state index contributed by atoms with van der Waals surface area (Å²) < 4.78 is 2.10. The minimum absolute atomic E-state index is 0.580. The van der Waals surface area contributed by atoms with Gasteiger partial charge in [0.2, 0.25) is 0 Å². The Kier molecular flexibility index (Phi) is 1.58. The molecule has 0 amide bonds. The summed E-state index contributed by atoms with van der Waals surface area (Å²) in [6.07, 6.45) is 1.73. The monoisotopic (exact) mass is 180 g/mol. The van der Waals surface area contributed by atoms with E-state index >= 15 is 0 Å². The van der Waals surface area contributed by atoms with Crippen molar-refractivity contribution in [3.8, 4) is 0 Å². The standard InChI is InChI=1S/C9H9ClN2/c1-6-5-7-8(12(6)2)3-4-11-9(7)10/h3-5H,1-2H3. The number of rotatable bonds is 0. The van der Waals surface area contributed by atoms with E-state index in [9.17, 15) is 0 Å². The van der Waals surface area contributed by atoms with Gasteiger partial charge in [-0.05, 0) is 19.1 Å². The number of aryl methyl sites for hydroxylation is 2. The largest absolute Gasteiger partial charge is 0.348 e. The van der Waals surface area contributed by atoms with Crippen molar-refractivity contribution in [2.24, 2.45) is 7.05 Å². The Hall–Kier alpha value is -1.02. The molecule has 0 fully saturated rings. The Bertz CT molecular complexity index is 431. The molecule has 2 aromatic heterocycles. The van der Waals surface area contributed by atoms with Crippen LogP contribution in [0.1, 0.15) is 5.69 Å². The molecule has 0 aromatic carbocycles. The second kappa shape index (κ2) is 2.49. The number of fused-ring (bicyclic) bond motifs is 1. The molecule has 62 valence electrons. The summed E-state index contributed by atoms with van der Waals surface area (Å²) in [5.74, 6) is 0. The zero-order valence-corrected chi connectivity index (χ0v) is 7.76. The molecule has 0 bridgehead atoms. The van der Waals surface area contributed by atoms with Gasteiger partial charge in [-0.2, -0.15) is 0 Å². The van der Waals surface area contributed by atoms with Crippen LogP contribution in [0, 0.1) is 6.92 Å². The number of aromatic nitrogens is 2. The van der Waals surface area contributed by atoms with E-state index in [1.807, 2.05) is 19.2 Å². The highest BCUT2D eigenvalue weighted by Crippen LogP contribution is 2.23. The van der Waals surface area contributed by atoms with Crippen molar-refractivity contribution < 1.29 is 0 Å². The fourth-order valence-corrected chi connectivity index (χ4v) is 1.57. The van der Waals surface area contributed by atoms with Crippen molar-refractivity contribution in [2.45, 2.75) is 6.92 Å². The maximum atomic E-state index is 5.92. The highest BCUT2D eigenvalue weighted by molar-refractivity contribution is 6.34. The second-order valence-electron chi connectivity index (χ2n) is 2.88. The summed E-state index contributed by atoms with van der Waals surface area (Å²) in [7, 11) is 2.02. The summed E-state index contributed by atoms with van der Waals surface area (Å²) in [5.41, 5.74) is 2.33. The van der Waals surface area contributed by atoms with E-state index < -0.39 is 0 Å². The van der Waals surface area contributed by atoms with Gasteiger partial charge in [0.05, 0.1) is 5.52 Å². The average Bonchev–Trinajstić information content (AvgIpc) is 2.32. The molecule has 0 aliphatic carbocycles. The van der Waals surface area contributed by atoms with E-state index in [-0.39, 0.29) is 0 Å². The molecule has 2 nitrogen and oxygen atoms in total. The van der Waals surface area contributed by atoms with Gasteiger partial charge in [-0.25, -0.2) is 4.98 Å². The van der Waals surface area contributed by atoms with E-state index in [0.717, 1.165) is 10.9 Å². The average molecular weight is 181 g/mol. The Balaban J connectivity index is 2.95. The lowest BCUT2D eigenvalue weighted by Crippen LogP contribution is -1.88. The van der Waals surface area contributed by atoms with Crippen LogP contribution in [0.2, 0.25) is 5.15 Å². The molecule has 2 aromatic rings. The molecule has 0 spiro atoms. The molecule has 0 aliphatic heterocycles. The van der Waals surface area contributed by atoms with E-state index in [1.54, 1.807) is 6.20 Å². The fourth-order valence-electron chi connectivity index (χ4n) is 1.36. The van der Waals surface area contributed by atoms with Crippen LogP contribution in [0.15, 0.2) is 18.3 Å². The molecule has 0 unspecified atom stereocenters. The van der Waals surface area contributed by atoms with Crippen LogP contribution in [-0.2, 0) is 7.05 Å². The van der Waals surface area contributed by atoms with Crippen molar-refractivity contribution in [1.29, 1.82) is 0 Å². The third-order valence-corrected chi connectivity index (χ3v) is 2.46. The van der Waals surface area contributed by atoms with Crippen LogP contribution in [-0.4, -0.2) is 9.55 Å². The summed E-state index contributed by atoms with van der Waals surface area (Å²) >= 11 is 5.92. The first-order valence-corrected chi connectivity index (χ1v) is 4.14. The normalized spacial score (nSPS) is 10.9. The summed E-state index contributed by atoms with van der Waals surface area (Å²) in [5, 5.41) is 1.61. The van der Waals surface area contributed by atoms with Crippen LogP contribution in [0.3, 0.4) is 0 Å². The second-order valence-corrected chi connectivity index (χ2v) is 3.24. The van der Waals surface area contributed by atoms with E-state index in [4.69, 9.17) is 11.6 Å². The lowest BCUT2D eigenvalue weighted by atomic mass is 10.3. The number of hydrogen-bond acceptors (Lipinski definition) is 1. The Morgan fingerprint density at radius 3 is 2.92 bits per heavy atom. The molecule has 0 aliphatic rings. The molecule has 0 radical (unpaired) electrons. The third-order valence-electron chi connectivity index (χ3n) is 2.16. The molecule has 12 heavy (non-hydrogen) atoms. The van der Waals surface area contributed by atoms with Crippen molar-refractivity contribution in [3.63, 3.8) is 0 Å². The van der Waals surface area contributed by atoms with Crippen LogP contribution < -0.4 is 0 Å². The number of hydrogen-bond donors (Lipinski definition) is 0. The predicted octanol–water partition coefficient (Wildman–Crippen LogP) is 2.54. The maximum absolute atomic E-state index is 5.92. The quantitative estimate of drug-likeness (QED) is 0.570. The van der Waals surface area contributed by atoms with E-state index in [2.05, 4.69) is 16.5 Å². The molecule has 0 saturated carbocycles. The minimum Gasteiger partial charge on any atom is -0.348 e. The Morgan fingerprint density at radius 2 is 2.25 bits per heavy atom. The molecule has 0 saturated heterocycles. The highest BCUT2D eigenvalue weighted by Gasteiger charge is 2.04. The SMILES string of the molecule is Cc1cc2c(Cl)nccc2n1C. The molecule has 2 heterocycles. The smallest absolute Gasteiger partial charge is 0.138 e. The fraction of sp³-hybridized carbons (Fsp3) is 0.222. The number of nitrogens with zero attached hydrogens (tertiary/aromatic N) is 2. The van der Waals surface area contributed by atoms with E-state index in [1.165, 1.54) is 5.69 Å². The van der Waals surface area contributed by atoms with Crippen molar-refractivity contribution in [1.82, 2.24) is 9.55 Å². The lowest BCUT2D eigenvalue weighted by Gasteiger charge is -1.97. The minimum atomic E-state index is 0.580. The maximum Gasteiger partial charge on any atom is 0.138 e. The summed E-state index contributed by atoms with van der Waals surface area (Å²) in [4.78, 5) is 4.01. The lowest BCUT2D eigenvalue weighted by molar-refractivity contribution is 0.917. The van der Waals surface area contributed by atoms with Gasteiger partial charge in [0, 0.05) is 24.3 Å². The first-order chi connectivity index (χ1) is 5.70. The summed E-state index contributed by atoms with van der Waals surface area (Å²) in [6, 6.07) is 4.01. The van der Waals surface area contributed by atoms with Crippen LogP contribution >= 0.6 is 11.6 Å². The topological polar surface area (TPSA) is 17.8 Å². The molecule has 0 atom stereocenters. The van der Waals surface area contributed by atoms with Gasteiger partial charge in [-0.3, -0.25) is 0 Å². The predicted molar refractivity (Wildman–Crippen MR) is 50.5 cm³/mol. The van der Waals surface area contributed by atoms with Gasteiger partial charge in [-0.1, -0.05) is 11.6 Å². The number of pyridine rings is 1. The molecule has 3 heteroatoms. The molecular formula is C9H9ClN2. The number of halogens is 1. The zero-order chi connectivity index (χ0) is 8.72. The van der Waals surface area contributed by atoms with Crippen LogP contribution in [0.25, 0.3) is 10.9 Å². The van der Waals surface area contributed by atoms with Gasteiger partial charge in [-0.15, -0.1) is 0 Å². The van der Waals surface area contributed by atoms with E-state index in [0.29, 0.717) is 5.15 Å². The third kappa shape index (κ3) is 0.916. The van der Waals surface area contributed by atoms with Gasteiger partial charge >= 0.3 is 0 Å². The summed E-state index contributed by atoms with van der Waals surface area (Å²) in [6.45, 7) is 2.05. The molecule has 0 N–H and O–H groups in total. The molecular weight excluding hydrogens is 172 g/mol. The first kappa shape index (κ1) is 7.62. The Labute approximate surface area is 75.8 Å². The van der Waals surface area contributed by atoms with Crippen molar-refractivity contribution in [2.75, 3.05) is 0 Å². The van der Waals surface area contributed by atoms with Gasteiger partial charge < -0.3 is 4.57 Å². The Morgan fingerprint density at radius 1 is 1.50 bits per heavy atom. The van der Waals surface area contributed by atoms with Crippen molar-refractivity contribution >= 4 is 22.5 Å². The highest BCUT2D eigenvalue weighted by atomic mass is 35.5. The van der Waals surface area contributed by atoms with Crippen molar-refractivity contribution in [3.05, 3.63) is 29.2 Å². The van der Waals surface area contributed by atoms with Gasteiger partial charge in [0.15, 0.2) is 0 Å². The zero-order valence-electron chi connectivity index (χ0n) is 7.00. The van der Waals surface area contributed by atoms with Crippen LogP contribution in [0.5, 0.6) is 0 Å². The molecule has 2 rings (SSSR count). The van der Waals surface area contributed by atoms with Gasteiger partial charge in [0.1, 0.15) is 5.15 Å². The van der Waals surface area contributed by atoms with Gasteiger partial charge in [0.25, 0.3) is 0 Å².